The molecule has 0 fully saturated rings. The van der Waals surface area contributed by atoms with E-state index in [1.54, 1.807) is 6.92 Å². The van der Waals surface area contributed by atoms with E-state index in [-0.39, 0.29) is 62.6 Å². The SMILES string of the molecule is C=CCOC(=O)c1csc([C@@H](C)NC(=O)c2csc([C@@H](C)NC(=O)c3nc([C@H](C)NC(=O)OCC4c5cc(CCC(F)(F)C(F)(F)C(F)(F)C(F)(F)F)ccc5-c5ccc(CCC(F)(F)C(F)(F)C(F)(F)C(F)(F)F)cc54)oc3C)n2)n1. The van der Waals surface area contributed by atoms with Gasteiger partial charge >= 0.3 is 60.0 Å². The van der Waals surface area contributed by atoms with Crippen LogP contribution in [-0.4, -0.2) is 99.9 Å². The Labute approximate surface area is 458 Å². The monoisotopic (exact) mass is 1230 g/mol. The van der Waals surface area contributed by atoms with Crippen molar-refractivity contribution in [2.24, 2.45) is 0 Å². The van der Waals surface area contributed by atoms with Gasteiger partial charge in [0.25, 0.3) is 11.8 Å². The molecule has 0 saturated carbocycles. The van der Waals surface area contributed by atoms with Crippen LogP contribution in [0.3, 0.4) is 0 Å². The van der Waals surface area contributed by atoms with E-state index in [9.17, 15) is 98.2 Å². The molecule has 33 heteroatoms. The third kappa shape index (κ3) is 12.8. The first-order chi connectivity index (χ1) is 37.7. The van der Waals surface area contributed by atoms with Gasteiger partial charge in [-0.3, -0.25) is 9.59 Å². The van der Waals surface area contributed by atoms with Crippen molar-refractivity contribution in [2.45, 2.75) is 125 Å². The van der Waals surface area contributed by atoms with Crippen LogP contribution in [0.2, 0.25) is 0 Å². The van der Waals surface area contributed by atoms with Crippen LogP contribution in [0.4, 0.5) is 83.8 Å². The summed E-state index contributed by atoms with van der Waals surface area (Å²) in [4.78, 5) is 64.5. The van der Waals surface area contributed by atoms with E-state index in [0.717, 1.165) is 59.1 Å². The molecule has 0 unspecified atom stereocenters. The summed E-state index contributed by atoms with van der Waals surface area (Å²) in [5.74, 6) is -44.2. The maximum atomic E-state index is 14.6. The van der Waals surface area contributed by atoms with E-state index >= 15 is 0 Å². The number of amides is 3. The molecule has 3 heterocycles. The number of alkyl halides is 18. The van der Waals surface area contributed by atoms with Crippen molar-refractivity contribution in [1.82, 2.24) is 30.9 Å². The number of carbonyl (C=O) groups is 4. The molecule has 0 saturated heterocycles. The molecule has 13 nitrogen and oxygen atoms in total. The predicted molar refractivity (Wildman–Crippen MR) is 253 cm³/mol. The van der Waals surface area contributed by atoms with Gasteiger partial charge in [0.2, 0.25) is 5.89 Å². The summed E-state index contributed by atoms with van der Waals surface area (Å²) < 4.78 is 262. The maximum absolute atomic E-state index is 14.6. The number of alkyl carbamates (subject to hydrolysis) is 1. The summed E-state index contributed by atoms with van der Waals surface area (Å²) in [5, 5.41) is 11.2. The van der Waals surface area contributed by atoms with Gasteiger partial charge in [-0.05, 0) is 73.9 Å². The van der Waals surface area contributed by atoms with Crippen molar-refractivity contribution >= 4 is 46.6 Å². The van der Waals surface area contributed by atoms with Gasteiger partial charge in [-0.1, -0.05) is 49.1 Å². The molecule has 0 aliphatic heterocycles. The van der Waals surface area contributed by atoms with E-state index in [1.165, 1.54) is 37.6 Å². The molecular weight excluding hydrogens is 1190 g/mol. The summed E-state index contributed by atoms with van der Waals surface area (Å²) in [6, 6.07) is 3.27. The van der Waals surface area contributed by atoms with Crippen LogP contribution in [-0.2, 0) is 22.3 Å². The average Bonchev–Trinajstić information content (AvgIpc) is 3.51. The standard InChI is InChI=1S/C49H42F18N6O7S2/c1-6-15-78-40(76)33-20-82-39(72-33)22(3)68-35(74)32-19-81-38(71-32)23(4)69-36(75)34-24(5)80-37(73-34)21(2)70-41(77)79-18-31-29-16-25(11-13-42(50,51)44(54,55)46(58,59)48(62,63)64)7-9-27(29)28-10-8-26(17-30(28)31)12-14-43(52,53)45(56,57)47(60,61)49(65,66)67/h6-10,16-17,19-23,31H,1,11-15,18H2,2-5H3,(H,68,74)(H,69,75)(H,70,77)/t21-,22+,23+/m0/s1. The van der Waals surface area contributed by atoms with Crippen LogP contribution in [0, 0.1) is 6.92 Å². The second kappa shape index (κ2) is 23.4. The fraction of sp³-hybridized carbons (Fsp3) is 0.449. The number of nitrogens with zero attached hydrogens (tertiary/aromatic N) is 3. The van der Waals surface area contributed by atoms with Crippen LogP contribution >= 0.6 is 22.7 Å². The molecule has 3 aromatic heterocycles. The quantitative estimate of drug-likeness (QED) is 0.0324. The van der Waals surface area contributed by atoms with Gasteiger partial charge in [-0.25, -0.2) is 24.5 Å². The van der Waals surface area contributed by atoms with E-state index in [0.29, 0.717) is 5.01 Å². The van der Waals surface area contributed by atoms with Gasteiger partial charge < -0.3 is 29.8 Å². The minimum absolute atomic E-state index is 0.0250. The van der Waals surface area contributed by atoms with Crippen LogP contribution < -0.4 is 16.0 Å². The molecule has 0 radical (unpaired) electrons. The highest BCUT2D eigenvalue weighted by Gasteiger charge is 2.82. The van der Waals surface area contributed by atoms with Gasteiger partial charge in [-0.15, -0.1) is 22.7 Å². The summed E-state index contributed by atoms with van der Waals surface area (Å²) >= 11 is 2.11. The fourth-order valence-corrected chi connectivity index (χ4v) is 9.57. The molecule has 6 rings (SSSR count). The van der Waals surface area contributed by atoms with Crippen LogP contribution in [0.25, 0.3) is 11.1 Å². The van der Waals surface area contributed by atoms with Crippen LogP contribution in [0.15, 0.2) is 64.2 Å². The molecule has 1 aliphatic rings. The fourth-order valence-electron chi connectivity index (χ4n) is 7.97. The minimum Gasteiger partial charge on any atom is -0.457 e. The highest BCUT2D eigenvalue weighted by atomic mass is 32.1. The molecule has 5 aromatic rings. The molecule has 2 aromatic carbocycles. The van der Waals surface area contributed by atoms with Crippen molar-refractivity contribution in [2.75, 3.05) is 13.2 Å². The van der Waals surface area contributed by atoms with Gasteiger partial charge in [0.15, 0.2) is 11.4 Å². The Morgan fingerprint density at radius 3 is 1.54 bits per heavy atom. The second-order valence-electron chi connectivity index (χ2n) is 18.4. The first-order valence-corrected chi connectivity index (χ1v) is 25.3. The molecule has 3 N–H and O–H groups in total. The third-order valence-electron chi connectivity index (χ3n) is 12.5. The molecule has 0 spiro atoms. The minimum atomic E-state index is -7.19. The molecule has 82 heavy (non-hydrogen) atoms. The molecule has 1 aliphatic carbocycles. The molecular formula is C49H42F18N6O7S2. The predicted octanol–water partition coefficient (Wildman–Crippen LogP) is 13.6. The smallest absolute Gasteiger partial charge is 0.457 e. The average molecular weight is 1230 g/mol. The largest absolute Gasteiger partial charge is 0.460 e. The number of hydrogen-bond acceptors (Lipinski definition) is 12. The Morgan fingerprint density at radius 2 is 1.07 bits per heavy atom. The number of fused-ring (bicyclic) bond motifs is 3. The zero-order valence-corrected chi connectivity index (χ0v) is 43.9. The number of esters is 1. The molecule has 448 valence electrons. The van der Waals surface area contributed by atoms with Crippen molar-refractivity contribution in [3.05, 3.63) is 121 Å². The van der Waals surface area contributed by atoms with Crippen molar-refractivity contribution in [3.8, 4) is 11.1 Å². The van der Waals surface area contributed by atoms with Gasteiger partial charge in [0.1, 0.15) is 40.7 Å². The zero-order valence-electron chi connectivity index (χ0n) is 42.3. The maximum Gasteiger partial charge on any atom is 0.460 e. The Bertz CT molecular complexity index is 3090. The lowest BCUT2D eigenvalue weighted by atomic mass is 9.92. The lowest BCUT2D eigenvalue weighted by molar-refractivity contribution is -0.396. The highest BCUT2D eigenvalue weighted by Crippen LogP contribution is 2.56. The first-order valence-electron chi connectivity index (χ1n) is 23.6. The van der Waals surface area contributed by atoms with Crippen molar-refractivity contribution in [1.29, 1.82) is 0 Å². The number of halogens is 18. The van der Waals surface area contributed by atoms with E-state index in [4.69, 9.17) is 13.9 Å². The zero-order chi connectivity index (χ0) is 61.5. The number of aryl methyl sites for hydroxylation is 3. The number of rotatable bonds is 23. The topological polar surface area (TPSA) is 175 Å². The van der Waals surface area contributed by atoms with Gasteiger partial charge in [0, 0.05) is 29.5 Å². The number of oxazole rings is 1. The second-order valence-corrected chi connectivity index (χ2v) is 20.2. The summed E-state index contributed by atoms with van der Waals surface area (Å²) in [6.07, 6.45) is -21.4. The lowest BCUT2D eigenvalue weighted by Crippen LogP contribution is -2.60. The summed E-state index contributed by atoms with van der Waals surface area (Å²) in [7, 11) is 0. The molecule has 3 amide bonds. The van der Waals surface area contributed by atoms with Crippen LogP contribution in [0.1, 0.15) is 133 Å². The van der Waals surface area contributed by atoms with Crippen molar-refractivity contribution in [3.63, 3.8) is 0 Å². The number of aromatic nitrogens is 3. The third-order valence-corrected chi connectivity index (χ3v) is 14.6. The molecule has 0 bridgehead atoms. The Balaban J connectivity index is 1.15. The highest BCUT2D eigenvalue weighted by molar-refractivity contribution is 7.10. The number of nitrogens with one attached hydrogen (secondary N) is 3. The van der Waals surface area contributed by atoms with E-state index in [2.05, 4.69) is 37.5 Å². The first kappa shape index (κ1) is 64.2. The number of carbonyl (C=O) groups excluding carboxylic acids is 4. The summed E-state index contributed by atoms with van der Waals surface area (Å²) in [6.45, 7) is 8.33. The normalized spacial score (nSPS) is 14.8. The van der Waals surface area contributed by atoms with Crippen molar-refractivity contribution < 1.29 is 112 Å². The van der Waals surface area contributed by atoms with E-state index in [1.807, 2.05) is 0 Å². The lowest BCUT2D eigenvalue weighted by Gasteiger charge is -2.33. The number of benzene rings is 2. The number of ether oxygens (including phenoxy) is 2. The van der Waals surface area contributed by atoms with Crippen LogP contribution in [0.5, 0.6) is 0 Å². The number of hydrogen-bond donors (Lipinski definition) is 3. The van der Waals surface area contributed by atoms with Gasteiger partial charge in [-0.2, -0.15) is 79.0 Å². The van der Waals surface area contributed by atoms with Gasteiger partial charge in [0.05, 0.1) is 12.1 Å². The summed E-state index contributed by atoms with van der Waals surface area (Å²) in [5.41, 5.74) is -1.15. The number of thiazole rings is 2. The van der Waals surface area contributed by atoms with E-state index < -0.39 is 139 Å². The Morgan fingerprint density at radius 1 is 0.622 bits per heavy atom. The molecule has 3 atom stereocenters. The Kier molecular flexibility index (Phi) is 18.3. The Hall–Kier alpha value is -6.93.